The van der Waals surface area contributed by atoms with Crippen LogP contribution in [0.15, 0.2) is 23.1 Å². The van der Waals surface area contributed by atoms with E-state index >= 15 is 0 Å². The van der Waals surface area contributed by atoms with Crippen molar-refractivity contribution in [3.05, 3.63) is 24.0 Å². The maximum atomic E-state index is 13.5. The van der Waals surface area contributed by atoms with E-state index in [9.17, 15) is 4.39 Å². The molecule has 1 aromatic carbocycles. The Labute approximate surface area is 84.6 Å². The molecule has 0 aliphatic rings. The molecule has 0 unspecified atom stereocenters. The van der Waals surface area contributed by atoms with Crippen LogP contribution in [0.3, 0.4) is 0 Å². The topological polar surface area (TPSA) is 9.23 Å². The molecule has 0 atom stereocenters. The largest absolute Gasteiger partial charge is 0.485 e. The summed E-state index contributed by atoms with van der Waals surface area (Å²) in [5.74, 6) is -0.293. The highest BCUT2D eigenvalue weighted by atomic mass is 32.1. The predicted octanol–water partition coefficient (Wildman–Crippen LogP) is 3.34. The van der Waals surface area contributed by atoms with E-state index in [2.05, 4.69) is 12.6 Å². The summed E-state index contributed by atoms with van der Waals surface area (Å²) in [7, 11) is 1.47. The number of fused-ring (bicyclic) bond motifs is 1. The van der Waals surface area contributed by atoms with E-state index in [1.165, 1.54) is 18.4 Å². The molecule has 1 aromatic heterocycles. The van der Waals surface area contributed by atoms with Gasteiger partial charge in [-0.05, 0) is 18.2 Å². The number of methoxy groups -OCH3 is 1. The van der Waals surface area contributed by atoms with Gasteiger partial charge in [0, 0.05) is 15.0 Å². The SMILES string of the molecule is COc1sc2ccc(S)cc2c1F. The molecule has 0 saturated heterocycles. The van der Waals surface area contributed by atoms with Crippen LogP contribution in [0.4, 0.5) is 4.39 Å². The normalized spacial score (nSPS) is 10.7. The fourth-order valence-electron chi connectivity index (χ4n) is 1.16. The molecule has 13 heavy (non-hydrogen) atoms. The number of thiophene rings is 1. The molecule has 0 amide bonds. The Morgan fingerprint density at radius 2 is 2.23 bits per heavy atom. The maximum absolute atomic E-state index is 13.5. The van der Waals surface area contributed by atoms with Crippen LogP contribution in [0.5, 0.6) is 5.06 Å². The van der Waals surface area contributed by atoms with Crippen molar-refractivity contribution in [3.8, 4) is 5.06 Å². The Kier molecular flexibility index (Phi) is 2.17. The number of hydrogen-bond acceptors (Lipinski definition) is 3. The molecule has 2 rings (SSSR count). The molecule has 2 aromatic rings. The molecule has 1 heterocycles. The van der Waals surface area contributed by atoms with Crippen molar-refractivity contribution >= 4 is 34.1 Å². The van der Waals surface area contributed by atoms with Crippen LogP contribution in [0, 0.1) is 5.82 Å². The lowest BCUT2D eigenvalue weighted by molar-refractivity contribution is 0.402. The van der Waals surface area contributed by atoms with Crippen LogP contribution in [0.2, 0.25) is 0 Å². The van der Waals surface area contributed by atoms with Crippen molar-refractivity contribution in [1.82, 2.24) is 0 Å². The van der Waals surface area contributed by atoms with Crippen molar-refractivity contribution in [3.63, 3.8) is 0 Å². The van der Waals surface area contributed by atoms with Gasteiger partial charge in [0.05, 0.1) is 7.11 Å². The van der Waals surface area contributed by atoms with E-state index in [0.29, 0.717) is 10.4 Å². The Balaban J connectivity index is 2.77. The van der Waals surface area contributed by atoms with Crippen LogP contribution in [0.25, 0.3) is 10.1 Å². The minimum absolute atomic E-state index is 0.293. The summed E-state index contributed by atoms with van der Waals surface area (Å²) in [4.78, 5) is 0.756. The molecular weight excluding hydrogens is 207 g/mol. The average molecular weight is 214 g/mol. The molecule has 1 nitrogen and oxygen atoms in total. The summed E-state index contributed by atoms with van der Waals surface area (Å²) in [6, 6.07) is 5.38. The van der Waals surface area contributed by atoms with Crippen LogP contribution < -0.4 is 4.74 Å². The molecule has 68 valence electrons. The fraction of sp³-hybridized carbons (Fsp3) is 0.111. The average Bonchev–Trinajstić information content (AvgIpc) is 2.44. The Hall–Kier alpha value is -0.740. The first-order valence-corrected chi connectivity index (χ1v) is 4.93. The lowest BCUT2D eigenvalue weighted by Crippen LogP contribution is -1.80. The summed E-state index contributed by atoms with van der Waals surface area (Å²) in [5, 5.41) is 0.906. The molecule has 0 aliphatic carbocycles. The van der Waals surface area contributed by atoms with Crippen molar-refractivity contribution in [1.29, 1.82) is 0 Å². The number of hydrogen-bond donors (Lipinski definition) is 1. The Morgan fingerprint density at radius 3 is 2.92 bits per heavy atom. The van der Waals surface area contributed by atoms with E-state index < -0.39 is 0 Å². The van der Waals surface area contributed by atoms with Gasteiger partial charge in [0.25, 0.3) is 0 Å². The molecule has 0 fully saturated rings. The standard InChI is InChI=1S/C9H7FOS2/c1-11-9-8(10)6-4-5(12)2-3-7(6)13-9/h2-4,12H,1H3. The van der Waals surface area contributed by atoms with Gasteiger partial charge in [-0.1, -0.05) is 11.3 Å². The molecule has 0 N–H and O–H groups in total. The van der Waals surface area contributed by atoms with E-state index in [1.807, 2.05) is 12.1 Å². The van der Waals surface area contributed by atoms with E-state index in [4.69, 9.17) is 4.74 Å². The summed E-state index contributed by atoms with van der Waals surface area (Å²) in [5.41, 5.74) is 0. The number of benzene rings is 1. The van der Waals surface area contributed by atoms with Gasteiger partial charge in [-0.25, -0.2) is 4.39 Å². The third-order valence-corrected chi connectivity index (χ3v) is 3.15. The molecule has 0 saturated carbocycles. The first-order valence-electron chi connectivity index (χ1n) is 3.67. The van der Waals surface area contributed by atoms with Crippen LogP contribution in [0.1, 0.15) is 0 Å². The van der Waals surface area contributed by atoms with E-state index in [-0.39, 0.29) is 5.82 Å². The zero-order valence-electron chi connectivity index (χ0n) is 6.87. The van der Waals surface area contributed by atoms with Gasteiger partial charge in [-0.2, -0.15) is 0 Å². The third-order valence-electron chi connectivity index (χ3n) is 1.77. The highest BCUT2D eigenvalue weighted by molar-refractivity contribution is 7.80. The minimum Gasteiger partial charge on any atom is -0.485 e. The summed E-state index contributed by atoms with van der Waals surface area (Å²) in [6.45, 7) is 0. The smallest absolute Gasteiger partial charge is 0.211 e. The Bertz CT molecular complexity index is 450. The number of rotatable bonds is 1. The summed E-state index contributed by atoms with van der Waals surface area (Å²) >= 11 is 5.44. The van der Waals surface area contributed by atoms with Crippen molar-refractivity contribution in [2.24, 2.45) is 0 Å². The van der Waals surface area contributed by atoms with Crippen molar-refractivity contribution in [2.45, 2.75) is 4.90 Å². The zero-order valence-corrected chi connectivity index (χ0v) is 8.58. The lowest BCUT2D eigenvalue weighted by Gasteiger charge is -1.92. The number of ether oxygens (including phenoxy) is 1. The number of thiol groups is 1. The molecule has 0 aliphatic heterocycles. The maximum Gasteiger partial charge on any atom is 0.211 e. The van der Waals surface area contributed by atoms with Crippen molar-refractivity contribution in [2.75, 3.05) is 7.11 Å². The van der Waals surface area contributed by atoms with Crippen molar-refractivity contribution < 1.29 is 9.13 Å². The van der Waals surface area contributed by atoms with Gasteiger partial charge in [-0.3, -0.25) is 0 Å². The molecule has 0 spiro atoms. The van der Waals surface area contributed by atoms with Gasteiger partial charge >= 0.3 is 0 Å². The van der Waals surface area contributed by atoms with Crippen LogP contribution in [-0.4, -0.2) is 7.11 Å². The second kappa shape index (κ2) is 3.20. The van der Waals surface area contributed by atoms with E-state index in [0.717, 1.165) is 9.60 Å². The van der Waals surface area contributed by atoms with Crippen LogP contribution >= 0.6 is 24.0 Å². The third kappa shape index (κ3) is 1.40. The second-order valence-electron chi connectivity index (χ2n) is 2.59. The minimum atomic E-state index is -0.293. The molecule has 0 bridgehead atoms. The highest BCUT2D eigenvalue weighted by Crippen LogP contribution is 2.36. The van der Waals surface area contributed by atoms with Gasteiger partial charge in [0.2, 0.25) is 5.06 Å². The summed E-state index contributed by atoms with van der Waals surface area (Å²) < 4.78 is 19.2. The monoisotopic (exact) mass is 214 g/mol. The zero-order chi connectivity index (χ0) is 9.42. The molecular formula is C9H7FOS2. The van der Waals surface area contributed by atoms with Crippen LogP contribution in [-0.2, 0) is 0 Å². The van der Waals surface area contributed by atoms with Gasteiger partial charge < -0.3 is 4.74 Å². The van der Waals surface area contributed by atoms with Gasteiger partial charge in [0.15, 0.2) is 5.82 Å². The first kappa shape index (κ1) is 8.84. The number of halogens is 1. The Morgan fingerprint density at radius 1 is 1.46 bits per heavy atom. The molecule has 0 radical (unpaired) electrons. The van der Waals surface area contributed by atoms with E-state index in [1.54, 1.807) is 6.07 Å². The fourth-order valence-corrected chi connectivity index (χ4v) is 2.25. The first-order chi connectivity index (χ1) is 6.22. The highest BCUT2D eigenvalue weighted by Gasteiger charge is 2.11. The quantitative estimate of drug-likeness (QED) is 0.716. The summed E-state index contributed by atoms with van der Waals surface area (Å²) in [6.07, 6.45) is 0. The predicted molar refractivity (Wildman–Crippen MR) is 55.6 cm³/mol. The lowest BCUT2D eigenvalue weighted by atomic mass is 10.2. The van der Waals surface area contributed by atoms with Gasteiger partial charge in [-0.15, -0.1) is 12.6 Å². The van der Waals surface area contributed by atoms with Gasteiger partial charge in [0.1, 0.15) is 0 Å². The second-order valence-corrected chi connectivity index (χ2v) is 4.12. The molecule has 4 heteroatoms.